The van der Waals surface area contributed by atoms with Gasteiger partial charge in [0.05, 0.1) is 10.0 Å². The Labute approximate surface area is 129 Å². The zero-order valence-electron chi connectivity index (χ0n) is 10.8. The third kappa shape index (κ3) is 4.45. The van der Waals surface area contributed by atoms with Crippen LogP contribution in [0.3, 0.4) is 0 Å². The van der Waals surface area contributed by atoms with Crippen LogP contribution in [-0.4, -0.2) is 23.0 Å². The summed E-state index contributed by atoms with van der Waals surface area (Å²) in [7, 11) is 0. The van der Waals surface area contributed by atoms with Crippen molar-refractivity contribution >= 4 is 39.4 Å². The molecule has 110 valence electrons. The van der Waals surface area contributed by atoms with Crippen molar-refractivity contribution in [1.82, 2.24) is 5.32 Å². The van der Waals surface area contributed by atoms with Gasteiger partial charge < -0.3 is 10.4 Å². The van der Waals surface area contributed by atoms with E-state index >= 15 is 0 Å². The van der Waals surface area contributed by atoms with Gasteiger partial charge >= 0.3 is 5.97 Å². The van der Waals surface area contributed by atoms with E-state index in [9.17, 15) is 14.0 Å². The summed E-state index contributed by atoms with van der Waals surface area (Å²) >= 11 is 8.64. The van der Waals surface area contributed by atoms with Gasteiger partial charge in [-0.2, -0.15) is 0 Å². The van der Waals surface area contributed by atoms with Crippen molar-refractivity contribution in [3.63, 3.8) is 0 Å². The summed E-state index contributed by atoms with van der Waals surface area (Å²) in [6, 6.07) is 1.34. The number of hydrogen-bond acceptors (Lipinski definition) is 2. The highest BCUT2D eigenvalue weighted by atomic mass is 79.9. The lowest BCUT2D eigenvalue weighted by molar-refractivity contribution is -0.139. The number of unbranched alkanes of at least 4 members (excludes halogenated alkanes) is 1. The van der Waals surface area contributed by atoms with Gasteiger partial charge in [-0.3, -0.25) is 4.79 Å². The first-order valence-electron chi connectivity index (χ1n) is 6.05. The lowest BCUT2D eigenvalue weighted by Gasteiger charge is -2.15. The van der Waals surface area contributed by atoms with Gasteiger partial charge in [0.15, 0.2) is 0 Å². The SMILES string of the molecule is CCCC[C@H](NC(=O)c1cc(Cl)cc(F)c1Br)C(=O)O. The summed E-state index contributed by atoms with van der Waals surface area (Å²) in [5.74, 6) is -2.48. The molecule has 4 nitrogen and oxygen atoms in total. The third-order valence-corrected chi connectivity index (χ3v) is 3.71. The summed E-state index contributed by atoms with van der Waals surface area (Å²) < 4.78 is 13.4. The highest BCUT2D eigenvalue weighted by Gasteiger charge is 2.22. The molecule has 0 spiro atoms. The molecule has 0 saturated heterocycles. The maximum atomic E-state index is 13.5. The molecule has 1 amide bonds. The van der Waals surface area contributed by atoms with Crippen LogP contribution in [0.15, 0.2) is 16.6 Å². The van der Waals surface area contributed by atoms with E-state index in [1.54, 1.807) is 0 Å². The van der Waals surface area contributed by atoms with Crippen LogP contribution < -0.4 is 5.32 Å². The average Bonchev–Trinajstić information content (AvgIpc) is 2.38. The Bertz CT molecular complexity index is 525. The number of nitrogens with one attached hydrogen (secondary N) is 1. The van der Waals surface area contributed by atoms with Gasteiger partial charge in [-0.1, -0.05) is 31.4 Å². The van der Waals surface area contributed by atoms with Gasteiger partial charge in [0, 0.05) is 5.02 Å². The van der Waals surface area contributed by atoms with Crippen molar-refractivity contribution in [2.24, 2.45) is 0 Å². The molecule has 0 bridgehead atoms. The maximum Gasteiger partial charge on any atom is 0.326 e. The average molecular weight is 367 g/mol. The molecular weight excluding hydrogens is 353 g/mol. The summed E-state index contributed by atoms with van der Waals surface area (Å²) in [6.07, 6.45) is 1.80. The van der Waals surface area contributed by atoms with Crippen LogP contribution in [0.25, 0.3) is 0 Å². The summed E-state index contributed by atoms with van der Waals surface area (Å²) in [5, 5.41) is 11.5. The standard InChI is InChI=1S/C13H14BrClFNO3/c1-2-3-4-10(13(19)20)17-12(18)8-5-7(15)6-9(16)11(8)14/h5-6,10H,2-4H2,1H3,(H,17,18)(H,19,20)/t10-/m0/s1. The van der Waals surface area contributed by atoms with E-state index in [4.69, 9.17) is 16.7 Å². The molecule has 0 aliphatic heterocycles. The summed E-state index contributed by atoms with van der Waals surface area (Å²) in [4.78, 5) is 23.1. The van der Waals surface area contributed by atoms with Gasteiger partial charge in [0.1, 0.15) is 11.9 Å². The van der Waals surface area contributed by atoms with E-state index in [-0.39, 0.29) is 15.1 Å². The third-order valence-electron chi connectivity index (χ3n) is 2.69. The minimum absolute atomic E-state index is 0.0299. The molecule has 1 aromatic carbocycles. The van der Waals surface area contributed by atoms with Crippen molar-refractivity contribution in [1.29, 1.82) is 0 Å². The monoisotopic (exact) mass is 365 g/mol. The van der Waals surface area contributed by atoms with E-state index in [0.717, 1.165) is 12.5 Å². The first-order valence-corrected chi connectivity index (χ1v) is 7.22. The highest BCUT2D eigenvalue weighted by molar-refractivity contribution is 9.10. The molecule has 7 heteroatoms. The van der Waals surface area contributed by atoms with E-state index in [1.807, 2.05) is 6.92 Å². The molecule has 0 fully saturated rings. The van der Waals surface area contributed by atoms with Crippen molar-refractivity contribution in [2.75, 3.05) is 0 Å². The molecule has 0 aliphatic carbocycles. The smallest absolute Gasteiger partial charge is 0.326 e. The fraction of sp³-hybridized carbons (Fsp3) is 0.385. The molecule has 1 atom stereocenters. The molecular formula is C13H14BrClFNO3. The summed E-state index contributed by atoms with van der Waals surface area (Å²) in [5.41, 5.74) is -0.0299. The van der Waals surface area contributed by atoms with Gasteiger partial charge in [0.2, 0.25) is 0 Å². The van der Waals surface area contributed by atoms with Crippen LogP contribution in [0.5, 0.6) is 0 Å². The van der Waals surface area contributed by atoms with E-state index in [2.05, 4.69) is 21.2 Å². The Morgan fingerprint density at radius 1 is 1.50 bits per heavy atom. The van der Waals surface area contributed by atoms with E-state index < -0.39 is 23.7 Å². The van der Waals surface area contributed by atoms with Crippen LogP contribution in [0.1, 0.15) is 36.5 Å². The Morgan fingerprint density at radius 2 is 2.15 bits per heavy atom. The number of amides is 1. The predicted octanol–water partition coefficient (Wildman–Crippen LogP) is 3.61. The van der Waals surface area contributed by atoms with Crippen LogP contribution in [-0.2, 0) is 4.79 Å². The van der Waals surface area contributed by atoms with Crippen LogP contribution >= 0.6 is 27.5 Å². The number of rotatable bonds is 6. The molecule has 0 aliphatic rings. The lowest BCUT2D eigenvalue weighted by Crippen LogP contribution is -2.40. The van der Waals surface area contributed by atoms with Crippen LogP contribution in [0, 0.1) is 5.82 Å². The molecule has 0 saturated carbocycles. The van der Waals surface area contributed by atoms with Crippen molar-refractivity contribution < 1.29 is 19.1 Å². The lowest BCUT2D eigenvalue weighted by atomic mass is 10.1. The molecule has 0 heterocycles. The Hall–Kier alpha value is -1.14. The number of carboxylic acids is 1. The number of carbonyl (C=O) groups is 2. The normalized spacial score (nSPS) is 12.0. The van der Waals surface area contributed by atoms with E-state index in [0.29, 0.717) is 12.8 Å². The largest absolute Gasteiger partial charge is 0.480 e. The first-order chi connectivity index (χ1) is 9.36. The van der Waals surface area contributed by atoms with Crippen molar-refractivity contribution in [3.05, 3.63) is 33.0 Å². The Kier molecular flexibility index (Phi) is 6.42. The van der Waals surface area contributed by atoms with Crippen molar-refractivity contribution in [3.8, 4) is 0 Å². The number of benzene rings is 1. The molecule has 20 heavy (non-hydrogen) atoms. The van der Waals surface area contributed by atoms with Crippen LogP contribution in [0.4, 0.5) is 4.39 Å². The van der Waals surface area contributed by atoms with Gasteiger partial charge in [-0.25, -0.2) is 9.18 Å². The number of carboxylic acid groups (broad SMARTS) is 1. The van der Waals surface area contributed by atoms with Gasteiger partial charge in [-0.15, -0.1) is 0 Å². The number of aliphatic carboxylic acids is 1. The zero-order valence-corrected chi connectivity index (χ0v) is 13.1. The number of halogens is 3. The molecule has 1 aromatic rings. The minimum Gasteiger partial charge on any atom is -0.480 e. The predicted molar refractivity (Wildman–Crippen MR) is 77.5 cm³/mol. The number of hydrogen-bond donors (Lipinski definition) is 2. The zero-order chi connectivity index (χ0) is 15.3. The Balaban J connectivity index is 2.92. The summed E-state index contributed by atoms with van der Waals surface area (Å²) in [6.45, 7) is 1.92. The van der Waals surface area contributed by atoms with E-state index in [1.165, 1.54) is 6.07 Å². The molecule has 2 N–H and O–H groups in total. The minimum atomic E-state index is -1.12. The molecule has 0 radical (unpaired) electrons. The Morgan fingerprint density at radius 3 is 2.70 bits per heavy atom. The van der Waals surface area contributed by atoms with Gasteiger partial charge in [-0.05, 0) is 34.5 Å². The second-order valence-electron chi connectivity index (χ2n) is 4.26. The quantitative estimate of drug-likeness (QED) is 0.756. The molecule has 0 unspecified atom stereocenters. The molecule has 0 aromatic heterocycles. The highest BCUT2D eigenvalue weighted by Crippen LogP contribution is 2.25. The topological polar surface area (TPSA) is 66.4 Å². The first kappa shape index (κ1) is 16.9. The van der Waals surface area contributed by atoms with Crippen LogP contribution in [0.2, 0.25) is 5.02 Å². The fourth-order valence-electron chi connectivity index (χ4n) is 1.62. The second kappa shape index (κ2) is 7.59. The molecule has 1 rings (SSSR count). The van der Waals surface area contributed by atoms with Gasteiger partial charge in [0.25, 0.3) is 5.91 Å². The number of carbonyl (C=O) groups excluding carboxylic acids is 1. The second-order valence-corrected chi connectivity index (χ2v) is 5.49. The maximum absolute atomic E-state index is 13.5. The van der Waals surface area contributed by atoms with Crippen molar-refractivity contribution in [2.45, 2.75) is 32.2 Å². The fourth-order valence-corrected chi connectivity index (χ4v) is 2.24.